The highest BCUT2D eigenvalue weighted by Crippen LogP contribution is 2.29. The molecule has 0 saturated carbocycles. The summed E-state index contributed by atoms with van der Waals surface area (Å²) in [7, 11) is 0. The number of halogens is 1. The van der Waals surface area contributed by atoms with Gasteiger partial charge in [0.1, 0.15) is 0 Å². The number of benzene rings is 2. The number of hydrogen-bond donors (Lipinski definition) is 2. The Labute approximate surface area is 123 Å². The van der Waals surface area contributed by atoms with Gasteiger partial charge in [0.25, 0.3) is 5.91 Å². The monoisotopic (exact) mass is 287 g/mol. The first-order chi connectivity index (χ1) is 10.2. The second-order valence-electron chi connectivity index (χ2n) is 4.74. The minimum absolute atomic E-state index is 0.192. The maximum Gasteiger partial charge on any atom is 0.261 e. The first kappa shape index (κ1) is 15.2. The number of nitrogens with one attached hydrogen (secondary N) is 1. The molecule has 110 valence electrons. The molecule has 0 aliphatic heterocycles. The van der Waals surface area contributed by atoms with Gasteiger partial charge in [-0.1, -0.05) is 60.7 Å². The minimum atomic E-state index is -1.78. The molecule has 21 heavy (non-hydrogen) atoms. The quantitative estimate of drug-likeness (QED) is 0.802. The Kier molecular flexibility index (Phi) is 5.06. The third kappa shape index (κ3) is 3.28. The number of rotatable bonds is 6. The molecule has 0 aliphatic carbocycles. The molecular formula is C17H18FNO2. The second kappa shape index (κ2) is 6.99. The Balaban J connectivity index is 2.38. The van der Waals surface area contributed by atoms with E-state index < -0.39 is 18.2 Å². The fourth-order valence-corrected chi connectivity index (χ4v) is 2.18. The van der Waals surface area contributed by atoms with E-state index in [-0.39, 0.29) is 13.0 Å². The van der Waals surface area contributed by atoms with Gasteiger partial charge in [0.15, 0.2) is 5.60 Å². The van der Waals surface area contributed by atoms with Crippen LogP contribution in [0.2, 0.25) is 0 Å². The fraction of sp³-hybridized carbons (Fsp3) is 0.235. The number of aliphatic hydroxyl groups is 1. The Morgan fingerprint density at radius 2 is 1.48 bits per heavy atom. The largest absolute Gasteiger partial charge is 0.372 e. The van der Waals surface area contributed by atoms with Gasteiger partial charge < -0.3 is 10.4 Å². The Morgan fingerprint density at radius 1 is 1.00 bits per heavy atom. The van der Waals surface area contributed by atoms with Gasteiger partial charge in [-0.2, -0.15) is 0 Å². The van der Waals surface area contributed by atoms with Crippen LogP contribution in [0.5, 0.6) is 0 Å². The van der Waals surface area contributed by atoms with Crippen molar-refractivity contribution in [3.8, 4) is 0 Å². The first-order valence-corrected chi connectivity index (χ1v) is 6.87. The highest BCUT2D eigenvalue weighted by Gasteiger charge is 2.39. The lowest BCUT2D eigenvalue weighted by molar-refractivity contribution is -0.136. The summed E-state index contributed by atoms with van der Waals surface area (Å²) in [5.74, 6) is -0.548. The summed E-state index contributed by atoms with van der Waals surface area (Å²) in [6, 6.07) is 17.5. The van der Waals surface area contributed by atoms with Crippen molar-refractivity contribution < 1.29 is 14.3 Å². The van der Waals surface area contributed by atoms with Gasteiger partial charge in [0.05, 0.1) is 6.67 Å². The lowest BCUT2D eigenvalue weighted by atomic mass is 9.85. The summed E-state index contributed by atoms with van der Waals surface area (Å²) in [6.45, 7) is -0.313. The van der Waals surface area contributed by atoms with Gasteiger partial charge in [0.2, 0.25) is 0 Å². The van der Waals surface area contributed by atoms with Crippen molar-refractivity contribution in [2.45, 2.75) is 12.0 Å². The zero-order valence-corrected chi connectivity index (χ0v) is 11.6. The van der Waals surface area contributed by atoms with Crippen molar-refractivity contribution in [1.82, 2.24) is 5.32 Å². The van der Waals surface area contributed by atoms with Crippen LogP contribution in [0.3, 0.4) is 0 Å². The topological polar surface area (TPSA) is 49.3 Å². The van der Waals surface area contributed by atoms with Crippen molar-refractivity contribution in [1.29, 1.82) is 0 Å². The van der Waals surface area contributed by atoms with E-state index in [2.05, 4.69) is 5.32 Å². The van der Waals surface area contributed by atoms with Crippen LogP contribution in [0.25, 0.3) is 0 Å². The third-order valence-electron chi connectivity index (χ3n) is 3.31. The molecule has 2 N–H and O–H groups in total. The molecule has 1 amide bonds. The van der Waals surface area contributed by atoms with Crippen LogP contribution in [-0.2, 0) is 10.4 Å². The maximum atomic E-state index is 12.5. The lowest BCUT2D eigenvalue weighted by Crippen LogP contribution is -2.45. The molecule has 0 saturated heterocycles. The van der Waals surface area contributed by atoms with Crippen molar-refractivity contribution >= 4 is 5.91 Å². The molecule has 0 spiro atoms. The lowest BCUT2D eigenvalue weighted by Gasteiger charge is -2.28. The predicted molar refractivity (Wildman–Crippen MR) is 79.5 cm³/mol. The summed E-state index contributed by atoms with van der Waals surface area (Å²) >= 11 is 0. The van der Waals surface area contributed by atoms with E-state index in [0.29, 0.717) is 11.1 Å². The van der Waals surface area contributed by atoms with Gasteiger partial charge in [0, 0.05) is 6.54 Å². The Hall–Kier alpha value is -2.20. The van der Waals surface area contributed by atoms with Gasteiger partial charge >= 0.3 is 0 Å². The summed E-state index contributed by atoms with van der Waals surface area (Å²) in [5, 5.41) is 13.6. The summed E-state index contributed by atoms with van der Waals surface area (Å²) in [4.78, 5) is 12.5. The number of carbonyl (C=O) groups excluding carboxylic acids is 1. The SMILES string of the molecule is O=C(NCCCF)C(O)(c1ccccc1)c1ccccc1. The number of alkyl halides is 1. The molecule has 0 bridgehead atoms. The highest BCUT2D eigenvalue weighted by molar-refractivity contribution is 5.90. The molecular weight excluding hydrogens is 269 g/mol. The standard InChI is InChI=1S/C17H18FNO2/c18-12-7-13-19-16(20)17(21,14-8-3-1-4-9-14)15-10-5-2-6-11-15/h1-6,8-11,21H,7,12-13H2,(H,19,20). The molecule has 0 atom stereocenters. The van der Waals surface area contributed by atoms with Crippen molar-refractivity contribution in [2.75, 3.05) is 13.2 Å². The van der Waals surface area contributed by atoms with Crippen LogP contribution in [-0.4, -0.2) is 24.2 Å². The zero-order chi connectivity index (χ0) is 15.1. The average molecular weight is 287 g/mol. The Morgan fingerprint density at radius 3 is 1.90 bits per heavy atom. The smallest absolute Gasteiger partial charge is 0.261 e. The van der Waals surface area contributed by atoms with E-state index in [4.69, 9.17) is 0 Å². The molecule has 3 nitrogen and oxygen atoms in total. The van der Waals surface area contributed by atoms with E-state index >= 15 is 0 Å². The van der Waals surface area contributed by atoms with Crippen LogP contribution in [0.1, 0.15) is 17.5 Å². The van der Waals surface area contributed by atoms with Crippen LogP contribution >= 0.6 is 0 Å². The molecule has 0 heterocycles. The minimum Gasteiger partial charge on any atom is -0.372 e. The van der Waals surface area contributed by atoms with Gasteiger partial charge in [-0.25, -0.2) is 0 Å². The predicted octanol–water partition coefficient (Wildman–Crippen LogP) is 2.40. The normalized spacial score (nSPS) is 11.1. The highest BCUT2D eigenvalue weighted by atomic mass is 19.1. The van der Waals surface area contributed by atoms with Gasteiger partial charge in [-0.3, -0.25) is 9.18 Å². The Bertz CT molecular complexity index is 532. The number of amides is 1. The third-order valence-corrected chi connectivity index (χ3v) is 3.31. The van der Waals surface area contributed by atoms with E-state index in [1.807, 2.05) is 12.1 Å². The van der Waals surface area contributed by atoms with E-state index in [1.54, 1.807) is 48.5 Å². The number of hydrogen-bond acceptors (Lipinski definition) is 2. The van der Waals surface area contributed by atoms with E-state index in [1.165, 1.54) is 0 Å². The maximum absolute atomic E-state index is 12.5. The van der Waals surface area contributed by atoms with Crippen LogP contribution in [0.4, 0.5) is 4.39 Å². The molecule has 4 heteroatoms. The van der Waals surface area contributed by atoms with E-state index in [0.717, 1.165) is 0 Å². The molecule has 0 aromatic heterocycles. The average Bonchev–Trinajstić information content (AvgIpc) is 2.56. The number of carbonyl (C=O) groups is 1. The molecule has 0 radical (unpaired) electrons. The molecule has 0 unspecified atom stereocenters. The first-order valence-electron chi connectivity index (χ1n) is 6.87. The molecule has 0 aliphatic rings. The summed E-state index contributed by atoms with van der Waals surface area (Å²) < 4.78 is 12.2. The zero-order valence-electron chi connectivity index (χ0n) is 11.6. The van der Waals surface area contributed by atoms with Gasteiger partial charge in [-0.05, 0) is 17.5 Å². The van der Waals surface area contributed by atoms with Gasteiger partial charge in [-0.15, -0.1) is 0 Å². The van der Waals surface area contributed by atoms with Crippen LogP contribution in [0.15, 0.2) is 60.7 Å². The molecule has 0 fully saturated rings. The summed E-state index contributed by atoms with van der Waals surface area (Å²) in [6.07, 6.45) is 0.228. The van der Waals surface area contributed by atoms with E-state index in [9.17, 15) is 14.3 Å². The molecule has 2 rings (SSSR count). The summed E-state index contributed by atoms with van der Waals surface area (Å²) in [5.41, 5.74) is -0.818. The molecule has 2 aromatic rings. The van der Waals surface area contributed by atoms with Crippen LogP contribution < -0.4 is 5.32 Å². The fourth-order valence-electron chi connectivity index (χ4n) is 2.18. The second-order valence-corrected chi connectivity index (χ2v) is 4.74. The van der Waals surface area contributed by atoms with Crippen molar-refractivity contribution in [3.05, 3.63) is 71.8 Å². The van der Waals surface area contributed by atoms with Crippen LogP contribution in [0, 0.1) is 0 Å². The molecule has 2 aromatic carbocycles. The van der Waals surface area contributed by atoms with Crippen molar-refractivity contribution in [3.63, 3.8) is 0 Å². The van der Waals surface area contributed by atoms with Crippen molar-refractivity contribution in [2.24, 2.45) is 0 Å².